The van der Waals surface area contributed by atoms with Gasteiger partial charge in [0.15, 0.2) is 0 Å². The molecule has 0 spiro atoms. The molecule has 1 heterocycles. The van der Waals surface area contributed by atoms with Gasteiger partial charge in [-0.15, -0.1) is 0 Å². The van der Waals surface area contributed by atoms with E-state index in [1.807, 2.05) is 24.3 Å². The predicted molar refractivity (Wildman–Crippen MR) is 78.3 cm³/mol. The van der Waals surface area contributed by atoms with E-state index in [4.69, 9.17) is 0 Å². The average molecular weight is 259 g/mol. The van der Waals surface area contributed by atoms with Crippen molar-refractivity contribution in [2.24, 2.45) is 0 Å². The maximum Gasteiger partial charge on any atom is 0.256 e. The predicted octanol–water partition coefficient (Wildman–Crippen LogP) is 3.07. The number of hydrogen-bond donors (Lipinski definition) is 1. The number of rotatable bonds is 6. The van der Waals surface area contributed by atoms with Gasteiger partial charge in [0.25, 0.3) is 5.56 Å². The van der Waals surface area contributed by atoms with Crippen molar-refractivity contribution in [2.45, 2.75) is 45.8 Å². The average Bonchev–Trinajstić information content (AvgIpc) is 2.45. The number of fused-ring (bicyclic) bond motifs is 1. The molecule has 1 aromatic carbocycles. The third-order valence-corrected chi connectivity index (χ3v) is 3.48. The minimum Gasteiger partial charge on any atom is -0.391 e. The largest absolute Gasteiger partial charge is 0.391 e. The van der Waals surface area contributed by atoms with Gasteiger partial charge in [-0.1, -0.05) is 44.4 Å². The van der Waals surface area contributed by atoms with Gasteiger partial charge >= 0.3 is 0 Å². The molecule has 0 saturated heterocycles. The molecule has 0 fully saturated rings. The zero-order valence-corrected chi connectivity index (χ0v) is 11.4. The second kappa shape index (κ2) is 6.53. The Labute approximate surface area is 113 Å². The fraction of sp³-hybridized carbons (Fsp3) is 0.438. The van der Waals surface area contributed by atoms with Gasteiger partial charge in [-0.3, -0.25) is 4.79 Å². The molecule has 1 N–H and O–H groups in total. The Kier molecular flexibility index (Phi) is 4.74. The summed E-state index contributed by atoms with van der Waals surface area (Å²) in [6, 6.07) is 9.65. The van der Waals surface area contributed by atoms with E-state index in [1.165, 1.54) is 12.8 Å². The molecule has 2 rings (SSSR count). The molecule has 0 bridgehead atoms. The number of pyridine rings is 1. The molecule has 0 atom stereocenters. The third kappa shape index (κ3) is 3.04. The second-order valence-corrected chi connectivity index (χ2v) is 4.90. The number of unbranched alkanes of at least 4 members (excludes halogenated alkanes) is 3. The highest BCUT2D eigenvalue weighted by Gasteiger charge is 2.07. The van der Waals surface area contributed by atoms with Gasteiger partial charge < -0.3 is 9.67 Å². The van der Waals surface area contributed by atoms with Crippen LogP contribution in [-0.2, 0) is 13.2 Å². The SMILES string of the molecule is CCCCCCn1c(=O)c(CO)cc2ccccc21. The van der Waals surface area contributed by atoms with E-state index in [-0.39, 0.29) is 12.2 Å². The van der Waals surface area contributed by atoms with Crippen LogP contribution < -0.4 is 5.56 Å². The molecule has 0 aliphatic carbocycles. The van der Waals surface area contributed by atoms with E-state index in [2.05, 4.69) is 6.92 Å². The Morgan fingerprint density at radius 3 is 2.68 bits per heavy atom. The molecule has 3 heteroatoms. The van der Waals surface area contributed by atoms with Gasteiger partial charge in [-0.25, -0.2) is 0 Å². The fourth-order valence-corrected chi connectivity index (χ4v) is 2.42. The second-order valence-electron chi connectivity index (χ2n) is 4.90. The van der Waals surface area contributed by atoms with E-state index in [0.717, 1.165) is 30.3 Å². The highest BCUT2D eigenvalue weighted by molar-refractivity contribution is 5.79. The van der Waals surface area contributed by atoms with Crippen LogP contribution in [0.4, 0.5) is 0 Å². The highest BCUT2D eigenvalue weighted by atomic mass is 16.3. The van der Waals surface area contributed by atoms with Crippen LogP contribution in [0.15, 0.2) is 35.1 Å². The van der Waals surface area contributed by atoms with Crippen molar-refractivity contribution in [2.75, 3.05) is 0 Å². The van der Waals surface area contributed by atoms with Gasteiger partial charge in [-0.2, -0.15) is 0 Å². The Morgan fingerprint density at radius 2 is 1.95 bits per heavy atom. The minimum atomic E-state index is -0.196. The molecule has 0 aliphatic heterocycles. The molecule has 0 saturated carbocycles. The highest BCUT2D eigenvalue weighted by Crippen LogP contribution is 2.14. The Bertz CT molecular complexity index is 601. The first kappa shape index (κ1) is 13.8. The van der Waals surface area contributed by atoms with Crippen molar-refractivity contribution in [1.29, 1.82) is 0 Å². The van der Waals surface area contributed by atoms with E-state index in [9.17, 15) is 9.90 Å². The van der Waals surface area contributed by atoms with Crippen molar-refractivity contribution in [3.8, 4) is 0 Å². The lowest BCUT2D eigenvalue weighted by atomic mass is 10.1. The number of hydrogen-bond acceptors (Lipinski definition) is 2. The van der Waals surface area contributed by atoms with Gasteiger partial charge in [0.1, 0.15) is 0 Å². The molecule has 2 aromatic rings. The van der Waals surface area contributed by atoms with E-state index >= 15 is 0 Å². The van der Waals surface area contributed by atoms with Crippen molar-refractivity contribution in [3.05, 3.63) is 46.2 Å². The quantitative estimate of drug-likeness (QED) is 0.810. The van der Waals surface area contributed by atoms with E-state index < -0.39 is 0 Å². The Balaban J connectivity index is 2.38. The lowest BCUT2D eigenvalue weighted by molar-refractivity contribution is 0.279. The van der Waals surface area contributed by atoms with Crippen LogP contribution in [0.1, 0.15) is 38.2 Å². The van der Waals surface area contributed by atoms with Crippen LogP contribution in [0.25, 0.3) is 10.9 Å². The molecule has 0 radical (unpaired) electrons. The lowest BCUT2D eigenvalue weighted by Crippen LogP contribution is -2.24. The summed E-state index contributed by atoms with van der Waals surface area (Å²) in [5.41, 5.74) is 1.38. The van der Waals surface area contributed by atoms with Crippen LogP contribution in [0.3, 0.4) is 0 Å². The zero-order valence-electron chi connectivity index (χ0n) is 11.4. The van der Waals surface area contributed by atoms with Crippen molar-refractivity contribution in [3.63, 3.8) is 0 Å². The summed E-state index contributed by atoms with van der Waals surface area (Å²) in [5, 5.41) is 10.3. The summed E-state index contributed by atoms with van der Waals surface area (Å²) in [6.45, 7) is 2.71. The maximum atomic E-state index is 12.3. The minimum absolute atomic E-state index is 0.0577. The summed E-state index contributed by atoms with van der Waals surface area (Å²) in [5.74, 6) is 0. The van der Waals surface area contributed by atoms with Gasteiger partial charge in [0.05, 0.1) is 12.1 Å². The number of aryl methyl sites for hydroxylation is 1. The zero-order chi connectivity index (χ0) is 13.7. The Morgan fingerprint density at radius 1 is 1.16 bits per heavy atom. The molecular formula is C16H21NO2. The van der Waals surface area contributed by atoms with Gasteiger partial charge in [0, 0.05) is 12.1 Å². The summed E-state index contributed by atoms with van der Waals surface area (Å²) in [6.07, 6.45) is 4.53. The standard InChI is InChI=1S/C16H21NO2/c1-2-3-4-7-10-17-15-9-6-5-8-13(15)11-14(12-18)16(17)19/h5-6,8-9,11,18H,2-4,7,10,12H2,1H3. The number of benzene rings is 1. The lowest BCUT2D eigenvalue weighted by Gasteiger charge is -2.12. The summed E-state index contributed by atoms with van der Waals surface area (Å²) >= 11 is 0. The summed E-state index contributed by atoms with van der Waals surface area (Å²) < 4.78 is 1.80. The monoisotopic (exact) mass is 259 g/mol. The molecule has 0 amide bonds. The Hall–Kier alpha value is -1.61. The number of nitrogens with zero attached hydrogens (tertiary/aromatic N) is 1. The van der Waals surface area contributed by atoms with Crippen molar-refractivity contribution >= 4 is 10.9 Å². The number of aliphatic hydroxyl groups is 1. The third-order valence-electron chi connectivity index (χ3n) is 3.48. The molecule has 0 aliphatic rings. The number of para-hydroxylation sites is 1. The summed E-state index contributed by atoms with van der Waals surface area (Å²) in [7, 11) is 0. The van der Waals surface area contributed by atoms with Gasteiger partial charge in [-0.05, 0) is 23.9 Å². The molecule has 3 nitrogen and oxygen atoms in total. The number of aromatic nitrogens is 1. The normalized spacial score (nSPS) is 11.1. The first-order valence-corrected chi connectivity index (χ1v) is 7.00. The first-order chi connectivity index (χ1) is 9.27. The summed E-state index contributed by atoms with van der Waals surface area (Å²) in [4.78, 5) is 12.3. The molecule has 102 valence electrons. The van der Waals surface area contributed by atoms with Crippen molar-refractivity contribution < 1.29 is 5.11 Å². The molecule has 1 aromatic heterocycles. The molecule has 0 unspecified atom stereocenters. The smallest absolute Gasteiger partial charge is 0.256 e. The maximum absolute atomic E-state index is 12.3. The molecule has 19 heavy (non-hydrogen) atoms. The van der Waals surface area contributed by atoms with Crippen LogP contribution in [0.2, 0.25) is 0 Å². The first-order valence-electron chi connectivity index (χ1n) is 7.00. The van der Waals surface area contributed by atoms with Gasteiger partial charge in [0.2, 0.25) is 0 Å². The van der Waals surface area contributed by atoms with Crippen molar-refractivity contribution in [1.82, 2.24) is 4.57 Å². The molecular weight excluding hydrogens is 238 g/mol. The topological polar surface area (TPSA) is 42.2 Å². The van der Waals surface area contributed by atoms with Crippen LogP contribution in [0, 0.1) is 0 Å². The fourth-order valence-electron chi connectivity index (χ4n) is 2.42. The number of aliphatic hydroxyl groups excluding tert-OH is 1. The van der Waals surface area contributed by atoms with E-state index in [1.54, 1.807) is 10.6 Å². The van der Waals surface area contributed by atoms with Crippen LogP contribution in [0.5, 0.6) is 0 Å². The van der Waals surface area contributed by atoms with Crippen LogP contribution in [-0.4, -0.2) is 9.67 Å². The van der Waals surface area contributed by atoms with Crippen LogP contribution >= 0.6 is 0 Å². The van der Waals surface area contributed by atoms with E-state index in [0.29, 0.717) is 5.56 Å².